The van der Waals surface area contributed by atoms with Crippen molar-refractivity contribution in [2.75, 3.05) is 5.32 Å². The molecule has 6 heteroatoms. The number of fused-ring (bicyclic) bond motifs is 1. The topological polar surface area (TPSA) is 64.0 Å². The molecule has 0 atom stereocenters. The van der Waals surface area contributed by atoms with Gasteiger partial charge >= 0.3 is 0 Å². The van der Waals surface area contributed by atoms with E-state index in [0.29, 0.717) is 21.5 Å². The average Bonchev–Trinajstić information content (AvgIpc) is 2.57. The lowest BCUT2D eigenvalue weighted by molar-refractivity contribution is 0.102. The van der Waals surface area contributed by atoms with Crippen LogP contribution < -0.4 is 10.9 Å². The van der Waals surface area contributed by atoms with E-state index in [0.717, 1.165) is 5.56 Å². The Morgan fingerprint density at radius 3 is 2.48 bits per heavy atom. The molecular formula is C19H18ClN3O2. The van der Waals surface area contributed by atoms with Crippen LogP contribution in [0.5, 0.6) is 0 Å². The Kier molecular flexibility index (Phi) is 4.59. The number of hydrogen-bond acceptors (Lipinski definition) is 3. The van der Waals surface area contributed by atoms with Crippen LogP contribution in [-0.2, 0) is 0 Å². The SMILES string of the molecule is Cc1ccc(NC(=O)c2nn(C(C)C)c(=O)c3ccccc23)c(Cl)c1. The molecule has 1 amide bonds. The Labute approximate surface area is 150 Å². The number of halogens is 1. The van der Waals surface area contributed by atoms with E-state index in [9.17, 15) is 9.59 Å². The van der Waals surface area contributed by atoms with Gasteiger partial charge in [0, 0.05) is 5.39 Å². The van der Waals surface area contributed by atoms with Crippen LogP contribution >= 0.6 is 11.6 Å². The summed E-state index contributed by atoms with van der Waals surface area (Å²) in [5.41, 5.74) is 1.49. The normalized spacial score (nSPS) is 11.1. The highest BCUT2D eigenvalue weighted by atomic mass is 35.5. The Morgan fingerprint density at radius 2 is 1.84 bits per heavy atom. The van der Waals surface area contributed by atoms with Crippen molar-refractivity contribution in [3.63, 3.8) is 0 Å². The smallest absolute Gasteiger partial charge is 0.276 e. The molecule has 0 bridgehead atoms. The molecule has 25 heavy (non-hydrogen) atoms. The molecule has 0 aliphatic rings. The van der Waals surface area contributed by atoms with Crippen molar-refractivity contribution >= 4 is 34.0 Å². The molecule has 0 unspecified atom stereocenters. The number of aromatic nitrogens is 2. The van der Waals surface area contributed by atoms with Crippen LogP contribution in [0.15, 0.2) is 47.3 Å². The van der Waals surface area contributed by atoms with Crippen LogP contribution in [-0.4, -0.2) is 15.7 Å². The van der Waals surface area contributed by atoms with Crippen molar-refractivity contribution in [1.82, 2.24) is 9.78 Å². The highest BCUT2D eigenvalue weighted by molar-refractivity contribution is 6.34. The number of anilines is 1. The van der Waals surface area contributed by atoms with Gasteiger partial charge in [-0.05, 0) is 44.5 Å². The summed E-state index contributed by atoms with van der Waals surface area (Å²) in [7, 11) is 0. The quantitative estimate of drug-likeness (QED) is 0.766. The van der Waals surface area contributed by atoms with Gasteiger partial charge in [-0.2, -0.15) is 5.10 Å². The van der Waals surface area contributed by atoms with E-state index in [1.807, 2.05) is 26.8 Å². The van der Waals surface area contributed by atoms with Gasteiger partial charge in [-0.3, -0.25) is 9.59 Å². The van der Waals surface area contributed by atoms with Crippen molar-refractivity contribution in [1.29, 1.82) is 0 Å². The summed E-state index contributed by atoms with van der Waals surface area (Å²) < 4.78 is 1.33. The minimum Gasteiger partial charge on any atom is -0.319 e. The van der Waals surface area contributed by atoms with Crippen LogP contribution in [0.3, 0.4) is 0 Å². The van der Waals surface area contributed by atoms with E-state index in [1.165, 1.54) is 4.68 Å². The zero-order valence-corrected chi connectivity index (χ0v) is 15.0. The summed E-state index contributed by atoms with van der Waals surface area (Å²) in [4.78, 5) is 25.3. The Hall–Kier alpha value is -2.66. The van der Waals surface area contributed by atoms with Gasteiger partial charge in [-0.15, -0.1) is 0 Å². The molecule has 1 N–H and O–H groups in total. The van der Waals surface area contributed by atoms with Gasteiger partial charge < -0.3 is 5.32 Å². The predicted octanol–water partition coefficient (Wildman–Crippen LogP) is 4.19. The number of hydrogen-bond donors (Lipinski definition) is 1. The number of benzene rings is 2. The van der Waals surface area contributed by atoms with E-state index in [2.05, 4.69) is 10.4 Å². The lowest BCUT2D eigenvalue weighted by Crippen LogP contribution is -2.29. The van der Waals surface area contributed by atoms with Gasteiger partial charge in [0.2, 0.25) is 0 Å². The van der Waals surface area contributed by atoms with Crippen LogP contribution in [0.2, 0.25) is 5.02 Å². The second-order valence-electron chi connectivity index (χ2n) is 6.18. The molecule has 3 aromatic rings. The summed E-state index contributed by atoms with van der Waals surface area (Å²) in [6, 6.07) is 12.2. The predicted molar refractivity (Wildman–Crippen MR) is 101 cm³/mol. The molecule has 1 aromatic heterocycles. The van der Waals surface area contributed by atoms with Gasteiger partial charge in [-0.25, -0.2) is 4.68 Å². The first-order valence-corrected chi connectivity index (χ1v) is 8.35. The van der Waals surface area contributed by atoms with Crippen LogP contribution in [0.25, 0.3) is 10.8 Å². The molecule has 0 fully saturated rings. The molecule has 2 aromatic carbocycles. The van der Waals surface area contributed by atoms with Crippen molar-refractivity contribution in [2.45, 2.75) is 26.8 Å². The average molecular weight is 356 g/mol. The standard InChI is InChI=1S/C19H18ClN3O2/c1-11(2)23-19(25)14-7-5-4-6-13(14)17(22-23)18(24)21-16-9-8-12(3)10-15(16)20/h4-11H,1-3H3,(H,21,24). The number of nitrogens with zero attached hydrogens (tertiary/aromatic N) is 2. The molecule has 128 valence electrons. The first-order valence-electron chi connectivity index (χ1n) is 7.97. The molecule has 0 aliphatic carbocycles. The van der Waals surface area contributed by atoms with E-state index in [4.69, 9.17) is 11.6 Å². The van der Waals surface area contributed by atoms with E-state index in [1.54, 1.807) is 36.4 Å². The van der Waals surface area contributed by atoms with E-state index in [-0.39, 0.29) is 17.3 Å². The zero-order chi connectivity index (χ0) is 18.1. The van der Waals surface area contributed by atoms with E-state index >= 15 is 0 Å². The van der Waals surface area contributed by atoms with Gasteiger partial charge in [0.1, 0.15) is 0 Å². The Balaban J connectivity index is 2.12. The third-order valence-corrected chi connectivity index (χ3v) is 4.22. The first-order chi connectivity index (χ1) is 11.9. The summed E-state index contributed by atoms with van der Waals surface area (Å²) in [6.45, 7) is 5.62. The summed E-state index contributed by atoms with van der Waals surface area (Å²) >= 11 is 6.20. The lowest BCUT2D eigenvalue weighted by atomic mass is 10.1. The van der Waals surface area contributed by atoms with Crippen molar-refractivity contribution in [3.8, 4) is 0 Å². The lowest BCUT2D eigenvalue weighted by Gasteiger charge is -2.14. The van der Waals surface area contributed by atoms with Crippen molar-refractivity contribution < 1.29 is 4.79 Å². The Bertz CT molecular complexity index is 1020. The first kappa shape index (κ1) is 17.2. The highest BCUT2D eigenvalue weighted by Crippen LogP contribution is 2.24. The zero-order valence-electron chi connectivity index (χ0n) is 14.2. The molecule has 5 nitrogen and oxygen atoms in total. The highest BCUT2D eigenvalue weighted by Gasteiger charge is 2.18. The molecule has 1 heterocycles. The maximum Gasteiger partial charge on any atom is 0.276 e. The number of rotatable bonds is 3. The number of aryl methyl sites for hydroxylation is 1. The van der Waals surface area contributed by atoms with Gasteiger partial charge in [0.15, 0.2) is 5.69 Å². The van der Waals surface area contributed by atoms with Crippen LogP contribution in [0, 0.1) is 6.92 Å². The Morgan fingerprint density at radius 1 is 1.16 bits per heavy atom. The number of nitrogens with one attached hydrogen (secondary N) is 1. The minimum atomic E-state index is -0.406. The van der Waals surface area contributed by atoms with Crippen molar-refractivity contribution in [3.05, 3.63) is 69.1 Å². The maximum atomic E-state index is 12.8. The molecule has 0 aliphatic heterocycles. The maximum absolute atomic E-state index is 12.8. The van der Waals surface area contributed by atoms with E-state index < -0.39 is 5.91 Å². The summed E-state index contributed by atoms with van der Waals surface area (Å²) in [6.07, 6.45) is 0. The van der Waals surface area contributed by atoms with Crippen molar-refractivity contribution in [2.24, 2.45) is 0 Å². The minimum absolute atomic E-state index is 0.161. The third kappa shape index (κ3) is 3.28. The number of carbonyl (C=O) groups is 1. The monoisotopic (exact) mass is 355 g/mol. The molecule has 0 spiro atoms. The van der Waals surface area contributed by atoms with Gasteiger partial charge in [0.05, 0.1) is 22.1 Å². The summed E-state index contributed by atoms with van der Waals surface area (Å²) in [5, 5.41) is 8.51. The number of carbonyl (C=O) groups excluding carboxylic acids is 1. The molecule has 0 saturated carbocycles. The second kappa shape index (κ2) is 6.69. The molecule has 3 rings (SSSR count). The fourth-order valence-corrected chi connectivity index (χ4v) is 2.91. The second-order valence-corrected chi connectivity index (χ2v) is 6.58. The molecular weight excluding hydrogens is 338 g/mol. The fourth-order valence-electron chi connectivity index (χ4n) is 2.63. The van der Waals surface area contributed by atoms with Gasteiger partial charge in [0.25, 0.3) is 11.5 Å². The number of amides is 1. The van der Waals surface area contributed by atoms with Crippen LogP contribution in [0.4, 0.5) is 5.69 Å². The molecule has 0 radical (unpaired) electrons. The molecule has 0 saturated heterocycles. The largest absolute Gasteiger partial charge is 0.319 e. The van der Waals surface area contributed by atoms with Crippen LogP contribution in [0.1, 0.15) is 35.9 Å². The van der Waals surface area contributed by atoms with Gasteiger partial charge in [-0.1, -0.05) is 35.9 Å². The fraction of sp³-hybridized carbons (Fsp3) is 0.211. The summed E-state index contributed by atoms with van der Waals surface area (Å²) in [5.74, 6) is -0.406. The third-order valence-electron chi connectivity index (χ3n) is 3.91.